The van der Waals surface area contributed by atoms with Crippen LogP contribution in [0.5, 0.6) is 0 Å². The third kappa shape index (κ3) is 3.04. The van der Waals surface area contributed by atoms with Crippen molar-refractivity contribution in [1.82, 2.24) is 0 Å². The number of hydrogen-bond acceptors (Lipinski definition) is 1. The first kappa shape index (κ1) is 16.2. The van der Waals surface area contributed by atoms with Crippen molar-refractivity contribution < 1.29 is 5.11 Å². The fraction of sp³-hybridized carbons (Fsp3) is 0.143. The second-order valence-electron chi connectivity index (χ2n) is 4.21. The molecule has 1 N–H and O–H groups in total. The third-order valence-electron chi connectivity index (χ3n) is 2.90. The van der Waals surface area contributed by atoms with Crippen LogP contribution < -0.4 is 0 Å². The van der Waals surface area contributed by atoms with Crippen LogP contribution in [0.1, 0.15) is 11.1 Å². The summed E-state index contributed by atoms with van der Waals surface area (Å²) < 4.78 is -2.23. The molecule has 0 saturated heterocycles. The van der Waals surface area contributed by atoms with E-state index in [9.17, 15) is 5.11 Å². The predicted molar refractivity (Wildman–Crippen MR) is 86.2 cm³/mol. The molecule has 0 amide bonds. The van der Waals surface area contributed by atoms with Crippen LogP contribution >= 0.6 is 58.0 Å². The number of hydrogen-bond donors (Lipinski definition) is 1. The molecule has 0 spiro atoms. The van der Waals surface area contributed by atoms with Gasteiger partial charge in [0.2, 0.25) is 4.52 Å². The Morgan fingerprint density at radius 2 is 0.950 bits per heavy atom. The number of aliphatic hydroxyl groups is 1. The van der Waals surface area contributed by atoms with Crippen molar-refractivity contribution in [3.63, 3.8) is 0 Å². The minimum atomic E-state index is -2.23. The van der Waals surface area contributed by atoms with Gasteiger partial charge in [-0.25, -0.2) is 0 Å². The molecule has 0 aliphatic carbocycles. The van der Waals surface area contributed by atoms with E-state index in [1.807, 2.05) is 0 Å². The minimum absolute atomic E-state index is 0.512. The Hall–Kier alpha value is -0.150. The number of rotatable bonds is 3. The van der Waals surface area contributed by atoms with Crippen LogP contribution in [-0.4, -0.2) is 9.63 Å². The van der Waals surface area contributed by atoms with Crippen molar-refractivity contribution in [2.75, 3.05) is 0 Å². The molecule has 0 fully saturated rings. The van der Waals surface area contributed by atoms with E-state index < -0.39 is 9.39 Å². The highest BCUT2D eigenvalue weighted by atomic mass is 35.5. The van der Waals surface area contributed by atoms with Crippen LogP contribution in [0.2, 0.25) is 10.0 Å². The summed E-state index contributed by atoms with van der Waals surface area (Å²) in [7, 11) is 0. The van der Waals surface area contributed by atoms with Crippen LogP contribution in [0, 0.1) is 0 Å². The zero-order valence-electron chi connectivity index (χ0n) is 9.96. The number of alkyl halides is 3. The van der Waals surface area contributed by atoms with Gasteiger partial charge in [0, 0.05) is 10.0 Å². The topological polar surface area (TPSA) is 20.2 Å². The molecule has 106 valence electrons. The average molecular weight is 370 g/mol. The van der Waals surface area contributed by atoms with Gasteiger partial charge < -0.3 is 5.11 Å². The molecule has 0 heterocycles. The van der Waals surface area contributed by atoms with E-state index in [0.717, 1.165) is 0 Å². The Bertz CT molecular complexity index is 541. The fourth-order valence-corrected chi connectivity index (χ4v) is 2.81. The monoisotopic (exact) mass is 368 g/mol. The maximum atomic E-state index is 10.1. The maximum absolute atomic E-state index is 10.1. The molecule has 0 atom stereocenters. The summed E-state index contributed by atoms with van der Waals surface area (Å²) >= 11 is 30.1. The first-order valence-corrected chi connectivity index (χ1v) is 7.45. The molecule has 0 aliphatic heterocycles. The first-order valence-electron chi connectivity index (χ1n) is 5.56. The third-order valence-corrected chi connectivity index (χ3v) is 4.87. The van der Waals surface area contributed by atoms with Gasteiger partial charge in [0.1, 0.15) is 0 Å². The van der Waals surface area contributed by atoms with Gasteiger partial charge in [-0.3, -0.25) is 0 Å². The number of benzene rings is 2. The van der Waals surface area contributed by atoms with Crippen LogP contribution in [0.4, 0.5) is 0 Å². The average Bonchev–Trinajstić information content (AvgIpc) is 2.38. The van der Waals surface area contributed by atoms with Gasteiger partial charge in [-0.05, 0) is 35.4 Å². The van der Waals surface area contributed by atoms with Crippen molar-refractivity contribution in [3.05, 3.63) is 69.7 Å². The standard InChI is InChI=1S/C14H9Cl5O/c15-11-5-1-9(2-6-11)13(17,14(18,19)20)10-3-7-12(16)8-4-10/h1-8,20H. The second-order valence-corrected chi connectivity index (χ2v) is 6.94. The van der Waals surface area contributed by atoms with Crippen LogP contribution in [0.15, 0.2) is 48.5 Å². The van der Waals surface area contributed by atoms with Crippen LogP contribution in [-0.2, 0) is 4.87 Å². The van der Waals surface area contributed by atoms with Crippen molar-refractivity contribution >= 4 is 58.0 Å². The van der Waals surface area contributed by atoms with Gasteiger partial charge in [-0.2, -0.15) is 0 Å². The summed E-state index contributed by atoms with van der Waals surface area (Å²) in [6.07, 6.45) is 0. The summed E-state index contributed by atoms with van der Waals surface area (Å²) in [5.41, 5.74) is 1.02. The molecule has 2 aromatic carbocycles. The van der Waals surface area contributed by atoms with Crippen molar-refractivity contribution in [3.8, 4) is 0 Å². The highest BCUT2D eigenvalue weighted by Crippen LogP contribution is 2.50. The van der Waals surface area contributed by atoms with Crippen molar-refractivity contribution in [2.45, 2.75) is 9.39 Å². The molecular weight excluding hydrogens is 361 g/mol. The zero-order chi connectivity index (χ0) is 15.0. The lowest BCUT2D eigenvalue weighted by Crippen LogP contribution is -2.39. The van der Waals surface area contributed by atoms with E-state index in [0.29, 0.717) is 21.2 Å². The van der Waals surface area contributed by atoms with E-state index >= 15 is 0 Å². The molecular formula is C14H9Cl5O. The SMILES string of the molecule is OC(Cl)(Cl)C(Cl)(c1ccc(Cl)cc1)c1ccc(Cl)cc1. The van der Waals surface area contributed by atoms with Gasteiger partial charge in [-0.15, -0.1) is 11.6 Å². The van der Waals surface area contributed by atoms with Crippen molar-refractivity contribution in [2.24, 2.45) is 0 Å². The molecule has 0 bridgehead atoms. The molecule has 20 heavy (non-hydrogen) atoms. The Balaban J connectivity index is 2.62. The predicted octanol–water partition coefficient (Wildman–Crippen LogP) is 5.60. The zero-order valence-corrected chi connectivity index (χ0v) is 13.7. The van der Waals surface area contributed by atoms with Gasteiger partial charge in [0.05, 0.1) is 0 Å². The smallest absolute Gasteiger partial charge is 0.242 e. The van der Waals surface area contributed by atoms with Crippen LogP contribution in [0.25, 0.3) is 0 Å². The molecule has 2 aromatic rings. The van der Waals surface area contributed by atoms with Gasteiger partial charge in [-0.1, -0.05) is 70.7 Å². The van der Waals surface area contributed by atoms with E-state index in [1.54, 1.807) is 48.5 Å². The Morgan fingerprint density at radius 3 is 1.20 bits per heavy atom. The van der Waals surface area contributed by atoms with E-state index in [2.05, 4.69) is 0 Å². The largest absolute Gasteiger partial charge is 0.361 e. The molecule has 1 nitrogen and oxygen atoms in total. The normalized spacial score (nSPS) is 12.5. The Morgan fingerprint density at radius 1 is 0.650 bits per heavy atom. The highest BCUT2D eigenvalue weighted by Gasteiger charge is 2.50. The molecule has 0 unspecified atom stereocenters. The Kier molecular flexibility index (Phi) is 4.80. The molecule has 0 aliphatic rings. The van der Waals surface area contributed by atoms with E-state index in [-0.39, 0.29) is 0 Å². The number of halogens is 5. The molecule has 2 rings (SSSR count). The lowest BCUT2D eigenvalue weighted by atomic mass is 9.90. The minimum Gasteiger partial charge on any atom is -0.361 e. The lowest BCUT2D eigenvalue weighted by Gasteiger charge is -2.35. The summed E-state index contributed by atoms with van der Waals surface area (Å²) in [6, 6.07) is 13.2. The molecule has 0 radical (unpaired) electrons. The van der Waals surface area contributed by atoms with E-state index in [1.165, 1.54) is 0 Å². The summed E-state index contributed by atoms with van der Waals surface area (Å²) in [5.74, 6) is 0. The quantitative estimate of drug-likeness (QED) is 0.697. The van der Waals surface area contributed by atoms with Gasteiger partial charge in [0.15, 0.2) is 4.87 Å². The van der Waals surface area contributed by atoms with Crippen LogP contribution in [0.3, 0.4) is 0 Å². The molecule has 6 heteroatoms. The first-order chi connectivity index (χ1) is 9.25. The summed E-state index contributed by atoms with van der Waals surface area (Å²) in [5, 5.41) is 11.2. The Labute approximate surface area is 142 Å². The van der Waals surface area contributed by atoms with E-state index in [4.69, 9.17) is 58.0 Å². The molecule has 0 aromatic heterocycles. The van der Waals surface area contributed by atoms with Gasteiger partial charge >= 0.3 is 0 Å². The fourth-order valence-electron chi connectivity index (χ4n) is 1.87. The van der Waals surface area contributed by atoms with Gasteiger partial charge in [0.25, 0.3) is 0 Å². The highest BCUT2D eigenvalue weighted by molar-refractivity contribution is 6.52. The maximum Gasteiger partial charge on any atom is 0.242 e. The summed E-state index contributed by atoms with van der Waals surface area (Å²) in [4.78, 5) is -1.55. The lowest BCUT2D eigenvalue weighted by molar-refractivity contribution is 0.178. The van der Waals surface area contributed by atoms with Crippen molar-refractivity contribution in [1.29, 1.82) is 0 Å². The second kappa shape index (κ2) is 5.92. The molecule has 0 saturated carbocycles. The summed E-state index contributed by atoms with van der Waals surface area (Å²) in [6.45, 7) is 0.